The molecule has 2 atom stereocenters. The highest BCUT2D eigenvalue weighted by atomic mass is 16.3. The Morgan fingerprint density at radius 2 is 1.90 bits per heavy atom. The molecule has 3 rings (SSSR count). The minimum absolute atomic E-state index is 0.0810. The van der Waals surface area contributed by atoms with Gasteiger partial charge in [0, 0.05) is 17.7 Å². The third-order valence-corrected chi connectivity index (χ3v) is 4.77. The summed E-state index contributed by atoms with van der Waals surface area (Å²) >= 11 is 0. The number of aromatic hydroxyl groups is 1. The van der Waals surface area contributed by atoms with Crippen molar-refractivity contribution in [2.24, 2.45) is 0 Å². The normalized spacial score (nSPS) is 24.1. The number of hydrogen-bond acceptors (Lipinski definition) is 2. The van der Waals surface area contributed by atoms with E-state index in [0.29, 0.717) is 24.0 Å². The maximum Gasteiger partial charge on any atom is 0.224 e. The van der Waals surface area contributed by atoms with E-state index in [2.05, 4.69) is 5.32 Å². The molecule has 0 aliphatic heterocycles. The van der Waals surface area contributed by atoms with Crippen LogP contribution in [0.1, 0.15) is 74.8 Å². The summed E-state index contributed by atoms with van der Waals surface area (Å²) in [6.45, 7) is 2.01. The zero-order valence-electron chi connectivity index (χ0n) is 12.1. The Kier molecular flexibility index (Phi) is 3.68. The van der Waals surface area contributed by atoms with E-state index in [4.69, 9.17) is 0 Å². The van der Waals surface area contributed by atoms with Crippen molar-refractivity contribution >= 4 is 11.6 Å². The van der Waals surface area contributed by atoms with E-state index in [1.165, 1.54) is 37.7 Å². The summed E-state index contributed by atoms with van der Waals surface area (Å²) in [6, 6.07) is 3.60. The number of fused-ring (bicyclic) bond motifs is 4. The lowest BCUT2D eigenvalue weighted by molar-refractivity contribution is -0.116. The van der Waals surface area contributed by atoms with Crippen LogP contribution in [0.4, 0.5) is 5.69 Å². The molecule has 0 spiro atoms. The van der Waals surface area contributed by atoms with Gasteiger partial charge in [-0.15, -0.1) is 0 Å². The highest BCUT2D eigenvalue weighted by Gasteiger charge is 2.42. The van der Waals surface area contributed by atoms with Gasteiger partial charge in [0.15, 0.2) is 0 Å². The molecular weight excluding hydrogens is 250 g/mol. The molecule has 108 valence electrons. The third-order valence-electron chi connectivity index (χ3n) is 4.77. The molecule has 1 fully saturated rings. The van der Waals surface area contributed by atoms with E-state index < -0.39 is 0 Å². The van der Waals surface area contributed by atoms with Crippen LogP contribution in [0.5, 0.6) is 5.75 Å². The van der Waals surface area contributed by atoms with Crippen LogP contribution in [-0.2, 0) is 4.79 Å². The van der Waals surface area contributed by atoms with Crippen molar-refractivity contribution in [3.05, 3.63) is 23.3 Å². The van der Waals surface area contributed by atoms with Gasteiger partial charge >= 0.3 is 0 Å². The molecule has 2 aliphatic carbocycles. The van der Waals surface area contributed by atoms with E-state index in [9.17, 15) is 9.90 Å². The summed E-state index contributed by atoms with van der Waals surface area (Å²) in [5.74, 6) is 1.54. The largest absolute Gasteiger partial charge is 0.508 e. The molecule has 1 saturated carbocycles. The van der Waals surface area contributed by atoms with Gasteiger partial charge in [0.05, 0.1) is 0 Å². The van der Waals surface area contributed by atoms with Crippen molar-refractivity contribution in [2.45, 2.75) is 63.7 Å². The number of phenolic OH excluding ortho intramolecular Hbond substituents is 1. The SMILES string of the molecule is CCCC(=O)Nc1ccc(O)c2c1[C@H]1CCCCC[C@@H]21. The third kappa shape index (κ3) is 2.19. The number of phenols is 1. The molecule has 0 bridgehead atoms. The van der Waals surface area contributed by atoms with Crippen LogP contribution in [0.15, 0.2) is 12.1 Å². The predicted octanol–water partition coefficient (Wildman–Crippen LogP) is 4.28. The molecule has 1 aromatic carbocycles. The number of nitrogens with one attached hydrogen (secondary N) is 1. The number of benzene rings is 1. The molecule has 0 heterocycles. The van der Waals surface area contributed by atoms with Gasteiger partial charge in [-0.3, -0.25) is 4.79 Å². The Balaban J connectivity index is 1.91. The van der Waals surface area contributed by atoms with Crippen LogP contribution < -0.4 is 5.32 Å². The number of amides is 1. The molecule has 1 amide bonds. The topological polar surface area (TPSA) is 49.3 Å². The van der Waals surface area contributed by atoms with E-state index in [1.54, 1.807) is 6.07 Å². The minimum atomic E-state index is 0.0810. The molecule has 2 N–H and O–H groups in total. The number of anilines is 1. The van der Waals surface area contributed by atoms with Gasteiger partial charge in [-0.1, -0.05) is 26.2 Å². The summed E-state index contributed by atoms with van der Waals surface area (Å²) in [4.78, 5) is 11.8. The van der Waals surface area contributed by atoms with Gasteiger partial charge in [-0.25, -0.2) is 0 Å². The van der Waals surface area contributed by atoms with Crippen LogP contribution in [-0.4, -0.2) is 11.0 Å². The minimum Gasteiger partial charge on any atom is -0.508 e. The number of carbonyl (C=O) groups excluding carboxylic acids is 1. The summed E-state index contributed by atoms with van der Waals surface area (Å²) < 4.78 is 0. The first kappa shape index (κ1) is 13.5. The number of carbonyl (C=O) groups is 1. The Morgan fingerprint density at radius 1 is 1.20 bits per heavy atom. The fourth-order valence-corrected chi connectivity index (χ4v) is 3.87. The molecule has 0 unspecified atom stereocenters. The van der Waals surface area contributed by atoms with Gasteiger partial charge in [-0.05, 0) is 48.8 Å². The maximum absolute atomic E-state index is 11.8. The Labute approximate surface area is 120 Å². The smallest absolute Gasteiger partial charge is 0.224 e. The highest BCUT2D eigenvalue weighted by Crippen LogP contribution is 2.58. The summed E-state index contributed by atoms with van der Waals surface area (Å²) in [6.07, 6.45) is 7.60. The highest BCUT2D eigenvalue weighted by molar-refractivity contribution is 5.92. The summed E-state index contributed by atoms with van der Waals surface area (Å²) in [5, 5.41) is 13.2. The number of hydrogen-bond donors (Lipinski definition) is 2. The van der Waals surface area contributed by atoms with E-state index in [1.807, 2.05) is 13.0 Å². The first-order valence-corrected chi connectivity index (χ1v) is 7.88. The van der Waals surface area contributed by atoms with Crippen LogP contribution in [0.2, 0.25) is 0 Å². The first-order chi connectivity index (χ1) is 9.72. The molecule has 3 nitrogen and oxygen atoms in total. The first-order valence-electron chi connectivity index (χ1n) is 7.88. The monoisotopic (exact) mass is 273 g/mol. The van der Waals surface area contributed by atoms with Crippen LogP contribution in [0, 0.1) is 0 Å². The maximum atomic E-state index is 11.8. The zero-order valence-corrected chi connectivity index (χ0v) is 12.1. The molecule has 20 heavy (non-hydrogen) atoms. The zero-order chi connectivity index (χ0) is 14.1. The molecule has 0 aromatic heterocycles. The molecule has 0 radical (unpaired) electrons. The van der Waals surface area contributed by atoms with Crippen molar-refractivity contribution < 1.29 is 9.90 Å². The Hall–Kier alpha value is -1.51. The van der Waals surface area contributed by atoms with E-state index in [0.717, 1.165) is 17.7 Å². The van der Waals surface area contributed by atoms with E-state index >= 15 is 0 Å². The summed E-state index contributed by atoms with van der Waals surface area (Å²) in [7, 11) is 0. The van der Waals surface area contributed by atoms with Gasteiger partial charge in [0.2, 0.25) is 5.91 Å². The average molecular weight is 273 g/mol. The standard InChI is InChI=1S/C17H23NO2/c1-2-6-15(20)18-13-9-10-14(19)17-12-8-5-3-4-7-11(12)16(13)17/h9-12,19H,2-8H2,1H3,(H,18,20)/t11-,12+/m0/s1. The van der Waals surface area contributed by atoms with Gasteiger partial charge in [-0.2, -0.15) is 0 Å². The Morgan fingerprint density at radius 3 is 2.60 bits per heavy atom. The Bertz CT molecular complexity index is 524. The second-order valence-electron chi connectivity index (χ2n) is 6.11. The molecular formula is C17H23NO2. The molecule has 1 aromatic rings. The van der Waals surface area contributed by atoms with E-state index in [-0.39, 0.29) is 5.91 Å². The lowest BCUT2D eigenvalue weighted by Gasteiger charge is -2.41. The van der Waals surface area contributed by atoms with Crippen molar-refractivity contribution in [2.75, 3.05) is 5.32 Å². The van der Waals surface area contributed by atoms with Crippen molar-refractivity contribution in [1.29, 1.82) is 0 Å². The lowest BCUT2D eigenvalue weighted by Crippen LogP contribution is -2.26. The van der Waals surface area contributed by atoms with Gasteiger partial charge in [0.25, 0.3) is 0 Å². The second kappa shape index (κ2) is 5.47. The van der Waals surface area contributed by atoms with Crippen LogP contribution in [0.3, 0.4) is 0 Å². The average Bonchev–Trinajstić information content (AvgIpc) is 2.59. The molecule has 3 heteroatoms. The van der Waals surface area contributed by atoms with Crippen LogP contribution >= 0.6 is 0 Å². The molecule has 2 aliphatic rings. The number of rotatable bonds is 3. The van der Waals surface area contributed by atoms with Crippen molar-refractivity contribution in [3.8, 4) is 5.75 Å². The fraction of sp³-hybridized carbons (Fsp3) is 0.588. The quantitative estimate of drug-likeness (QED) is 0.808. The fourth-order valence-electron chi connectivity index (χ4n) is 3.87. The van der Waals surface area contributed by atoms with Crippen molar-refractivity contribution in [3.63, 3.8) is 0 Å². The predicted molar refractivity (Wildman–Crippen MR) is 80.2 cm³/mol. The lowest BCUT2D eigenvalue weighted by atomic mass is 9.64. The summed E-state index contributed by atoms with van der Waals surface area (Å²) in [5.41, 5.74) is 3.24. The van der Waals surface area contributed by atoms with Gasteiger partial charge < -0.3 is 10.4 Å². The second-order valence-corrected chi connectivity index (χ2v) is 6.11. The molecule has 0 saturated heterocycles. The van der Waals surface area contributed by atoms with Gasteiger partial charge in [0.1, 0.15) is 5.75 Å². The van der Waals surface area contributed by atoms with Crippen LogP contribution in [0.25, 0.3) is 0 Å². The van der Waals surface area contributed by atoms with Crippen molar-refractivity contribution in [1.82, 2.24) is 0 Å².